The summed E-state index contributed by atoms with van der Waals surface area (Å²) in [7, 11) is -1.35. The van der Waals surface area contributed by atoms with Crippen molar-refractivity contribution in [3.05, 3.63) is 0 Å². The Balaban J connectivity index is 1.86. The predicted octanol–water partition coefficient (Wildman–Crippen LogP) is 0.00940. The predicted molar refractivity (Wildman–Crippen MR) is 78.6 cm³/mol. The lowest BCUT2D eigenvalue weighted by Crippen LogP contribution is -2.50. The van der Waals surface area contributed by atoms with Crippen LogP contribution < -0.4 is 4.72 Å². The highest BCUT2D eigenvalue weighted by atomic mass is 32.2. The summed E-state index contributed by atoms with van der Waals surface area (Å²) in [5.41, 5.74) is 0. The van der Waals surface area contributed by atoms with E-state index in [4.69, 9.17) is 0 Å². The van der Waals surface area contributed by atoms with Crippen LogP contribution in [-0.2, 0) is 10.2 Å². The van der Waals surface area contributed by atoms with Crippen molar-refractivity contribution in [1.29, 1.82) is 0 Å². The number of nitrogens with one attached hydrogen (secondary N) is 1. The van der Waals surface area contributed by atoms with Gasteiger partial charge in [-0.25, -0.2) is 4.72 Å². The van der Waals surface area contributed by atoms with E-state index >= 15 is 0 Å². The molecule has 0 saturated carbocycles. The minimum absolute atomic E-state index is 0.0668. The summed E-state index contributed by atoms with van der Waals surface area (Å²) in [5.74, 6) is 0.0812. The van der Waals surface area contributed by atoms with Crippen molar-refractivity contribution in [2.45, 2.75) is 38.1 Å². The Morgan fingerprint density at radius 1 is 1.20 bits per heavy atom. The molecule has 0 bridgehead atoms. The third-order valence-electron chi connectivity index (χ3n) is 4.50. The van der Waals surface area contributed by atoms with Gasteiger partial charge in [0.1, 0.15) is 0 Å². The second-order valence-corrected chi connectivity index (χ2v) is 7.79. The molecule has 0 aromatic rings. The van der Waals surface area contributed by atoms with Gasteiger partial charge in [0.15, 0.2) is 0 Å². The minimum Gasteiger partial charge on any atom is -0.396 e. The number of likely N-dealkylation sites (N-methyl/N-ethyl adjacent to an activating group) is 1. The van der Waals surface area contributed by atoms with Gasteiger partial charge in [-0.15, -0.1) is 0 Å². The molecule has 2 aliphatic heterocycles. The first kappa shape index (κ1) is 16.2. The highest BCUT2D eigenvalue weighted by Gasteiger charge is 2.29. The highest BCUT2D eigenvalue weighted by Crippen LogP contribution is 2.19. The fourth-order valence-corrected chi connectivity index (χ4v) is 4.45. The fraction of sp³-hybridized carbons (Fsp3) is 1.00. The molecule has 2 unspecified atom stereocenters. The molecule has 2 N–H and O–H groups in total. The Morgan fingerprint density at radius 2 is 2.00 bits per heavy atom. The molecule has 118 valence electrons. The van der Waals surface area contributed by atoms with Crippen molar-refractivity contribution < 1.29 is 13.5 Å². The summed E-state index contributed by atoms with van der Waals surface area (Å²) >= 11 is 0. The molecule has 2 fully saturated rings. The van der Waals surface area contributed by atoms with Gasteiger partial charge in [0.2, 0.25) is 0 Å². The van der Waals surface area contributed by atoms with E-state index in [-0.39, 0.29) is 12.5 Å². The second kappa shape index (κ2) is 7.17. The number of hydrogen-bond acceptors (Lipinski definition) is 4. The zero-order chi connectivity index (χ0) is 14.6. The third kappa shape index (κ3) is 4.14. The van der Waals surface area contributed by atoms with E-state index in [1.165, 1.54) is 17.1 Å². The molecular formula is C13H27N3O3S. The Hall–Kier alpha value is -0.210. The summed E-state index contributed by atoms with van der Waals surface area (Å²) in [6, 6.07) is 0.303. The molecule has 2 atom stereocenters. The zero-order valence-corrected chi connectivity index (χ0v) is 13.1. The average molecular weight is 305 g/mol. The number of piperidine rings is 2. The van der Waals surface area contributed by atoms with E-state index in [0.717, 1.165) is 25.8 Å². The lowest BCUT2D eigenvalue weighted by atomic mass is 10.0. The van der Waals surface area contributed by atoms with E-state index in [0.29, 0.717) is 25.7 Å². The quantitative estimate of drug-likeness (QED) is 0.750. The van der Waals surface area contributed by atoms with E-state index in [2.05, 4.69) is 16.7 Å². The van der Waals surface area contributed by atoms with E-state index < -0.39 is 10.2 Å². The van der Waals surface area contributed by atoms with Gasteiger partial charge in [-0.3, -0.25) is 0 Å². The van der Waals surface area contributed by atoms with Gasteiger partial charge in [-0.05, 0) is 45.2 Å². The molecule has 6 nitrogen and oxygen atoms in total. The van der Waals surface area contributed by atoms with E-state index in [9.17, 15) is 13.5 Å². The molecule has 2 rings (SSSR count). The molecule has 0 amide bonds. The van der Waals surface area contributed by atoms with Gasteiger partial charge >= 0.3 is 0 Å². The van der Waals surface area contributed by atoms with Crippen LogP contribution in [0.15, 0.2) is 0 Å². The molecule has 2 aliphatic rings. The van der Waals surface area contributed by atoms with Crippen LogP contribution in [0.4, 0.5) is 0 Å². The first-order valence-electron chi connectivity index (χ1n) is 7.59. The standard InChI is InChI=1S/C13H27N3O3S/c1-15-7-3-2-6-13(15)9-14-20(18,19)16-8-4-5-12(10-16)11-17/h12-14,17H,2-11H2,1H3. The van der Waals surface area contributed by atoms with Crippen molar-refractivity contribution in [1.82, 2.24) is 13.9 Å². The van der Waals surface area contributed by atoms with Crippen molar-refractivity contribution in [2.75, 3.05) is 39.8 Å². The first-order valence-corrected chi connectivity index (χ1v) is 9.03. The molecular weight excluding hydrogens is 278 g/mol. The van der Waals surface area contributed by atoms with Crippen molar-refractivity contribution in [3.8, 4) is 0 Å². The maximum Gasteiger partial charge on any atom is 0.279 e. The summed E-state index contributed by atoms with van der Waals surface area (Å²) in [6.07, 6.45) is 5.17. The van der Waals surface area contributed by atoms with Crippen LogP contribution in [0.1, 0.15) is 32.1 Å². The number of hydrogen-bond donors (Lipinski definition) is 2. The lowest BCUT2D eigenvalue weighted by Gasteiger charge is -2.34. The monoisotopic (exact) mass is 305 g/mol. The van der Waals surface area contributed by atoms with Crippen LogP contribution in [0.3, 0.4) is 0 Å². The molecule has 2 heterocycles. The van der Waals surface area contributed by atoms with Gasteiger partial charge < -0.3 is 10.0 Å². The van der Waals surface area contributed by atoms with Gasteiger partial charge in [-0.2, -0.15) is 12.7 Å². The molecule has 2 saturated heterocycles. The lowest BCUT2D eigenvalue weighted by molar-refractivity contribution is 0.163. The van der Waals surface area contributed by atoms with E-state index in [1.807, 2.05) is 0 Å². The molecule has 0 spiro atoms. The van der Waals surface area contributed by atoms with Crippen LogP contribution in [0, 0.1) is 5.92 Å². The van der Waals surface area contributed by atoms with Gasteiger partial charge in [0.05, 0.1) is 0 Å². The molecule has 0 aromatic heterocycles. The number of nitrogens with zero attached hydrogens (tertiary/aromatic N) is 2. The van der Waals surface area contributed by atoms with Crippen molar-refractivity contribution >= 4 is 10.2 Å². The number of aliphatic hydroxyl groups is 1. The molecule has 20 heavy (non-hydrogen) atoms. The second-order valence-electron chi connectivity index (χ2n) is 6.03. The third-order valence-corrected chi connectivity index (χ3v) is 6.05. The number of rotatable bonds is 5. The first-order chi connectivity index (χ1) is 9.53. The van der Waals surface area contributed by atoms with Crippen LogP contribution in [0.2, 0.25) is 0 Å². The van der Waals surface area contributed by atoms with Crippen LogP contribution in [0.25, 0.3) is 0 Å². The molecule has 0 radical (unpaired) electrons. The van der Waals surface area contributed by atoms with Crippen molar-refractivity contribution in [2.24, 2.45) is 5.92 Å². The van der Waals surface area contributed by atoms with Crippen LogP contribution in [-0.4, -0.2) is 68.6 Å². The van der Waals surface area contributed by atoms with Crippen molar-refractivity contribution in [3.63, 3.8) is 0 Å². The topological polar surface area (TPSA) is 72.9 Å². The SMILES string of the molecule is CN1CCCCC1CNS(=O)(=O)N1CCCC(CO)C1. The molecule has 0 aromatic carbocycles. The summed E-state index contributed by atoms with van der Waals surface area (Å²) < 4.78 is 28.9. The van der Waals surface area contributed by atoms with Gasteiger partial charge in [0, 0.05) is 32.3 Å². The Labute approximate surface area is 122 Å². The Bertz CT molecular complexity index is 402. The largest absolute Gasteiger partial charge is 0.396 e. The van der Waals surface area contributed by atoms with Crippen LogP contribution >= 0.6 is 0 Å². The maximum absolute atomic E-state index is 12.3. The number of likely N-dealkylation sites (tertiary alicyclic amines) is 1. The minimum atomic E-state index is -3.40. The summed E-state index contributed by atoms with van der Waals surface area (Å²) in [6.45, 7) is 2.60. The summed E-state index contributed by atoms with van der Waals surface area (Å²) in [4.78, 5) is 2.23. The Kier molecular flexibility index (Phi) is 5.80. The van der Waals surface area contributed by atoms with Gasteiger partial charge in [-0.1, -0.05) is 6.42 Å². The fourth-order valence-electron chi connectivity index (χ4n) is 3.09. The van der Waals surface area contributed by atoms with Gasteiger partial charge in [0.25, 0.3) is 10.2 Å². The van der Waals surface area contributed by atoms with E-state index in [1.54, 1.807) is 0 Å². The maximum atomic E-state index is 12.3. The van der Waals surface area contributed by atoms with Crippen LogP contribution in [0.5, 0.6) is 0 Å². The zero-order valence-electron chi connectivity index (χ0n) is 12.3. The smallest absolute Gasteiger partial charge is 0.279 e. The highest BCUT2D eigenvalue weighted by molar-refractivity contribution is 7.87. The Morgan fingerprint density at radius 3 is 2.70 bits per heavy atom. The molecule has 7 heteroatoms. The average Bonchev–Trinajstić information content (AvgIpc) is 2.46. The normalized spacial score (nSPS) is 30.5. The summed E-state index contributed by atoms with van der Waals surface area (Å²) in [5, 5.41) is 9.19. The molecule has 0 aliphatic carbocycles. The number of aliphatic hydroxyl groups excluding tert-OH is 1.